The van der Waals surface area contributed by atoms with Crippen LogP contribution in [0.3, 0.4) is 0 Å². The van der Waals surface area contributed by atoms with Gasteiger partial charge in [-0.3, -0.25) is 19.7 Å². The Balaban J connectivity index is 1.67. The molecular weight excluding hydrogens is 350 g/mol. The van der Waals surface area contributed by atoms with Gasteiger partial charge in [0.15, 0.2) is 5.82 Å². The van der Waals surface area contributed by atoms with Crippen LogP contribution in [0.5, 0.6) is 0 Å². The summed E-state index contributed by atoms with van der Waals surface area (Å²) in [4.78, 5) is 37.4. The van der Waals surface area contributed by atoms with Gasteiger partial charge in [-0.25, -0.2) is 9.59 Å². The van der Waals surface area contributed by atoms with Crippen molar-refractivity contribution in [3.8, 4) is 0 Å². The Morgan fingerprint density at radius 1 is 1.22 bits per heavy atom. The third-order valence-electron chi connectivity index (χ3n) is 4.99. The van der Waals surface area contributed by atoms with Crippen LogP contribution in [0.2, 0.25) is 0 Å². The van der Waals surface area contributed by atoms with Gasteiger partial charge in [0.2, 0.25) is 5.91 Å². The molecule has 9 nitrogen and oxygen atoms in total. The molecule has 2 aliphatic heterocycles. The SMILES string of the molecule is Cn1nc(N2CCC(=O)NC2=O)c2ccc(C3=CCN(C(=O)O)CC3)cc21. The predicted octanol–water partition coefficient (Wildman–Crippen LogP) is 1.79. The highest BCUT2D eigenvalue weighted by Crippen LogP contribution is 2.31. The maximum absolute atomic E-state index is 12.1. The average molecular weight is 369 g/mol. The molecule has 0 aliphatic carbocycles. The third-order valence-corrected chi connectivity index (χ3v) is 4.99. The summed E-state index contributed by atoms with van der Waals surface area (Å²) in [5.41, 5.74) is 2.98. The van der Waals surface area contributed by atoms with Crippen LogP contribution in [0.1, 0.15) is 18.4 Å². The number of carbonyl (C=O) groups excluding carboxylic acids is 2. The minimum atomic E-state index is -0.907. The number of hydrogen-bond acceptors (Lipinski definition) is 4. The molecule has 9 heteroatoms. The van der Waals surface area contributed by atoms with Crippen LogP contribution in [0.4, 0.5) is 15.4 Å². The van der Waals surface area contributed by atoms with Crippen molar-refractivity contribution in [3.63, 3.8) is 0 Å². The highest BCUT2D eigenvalue weighted by molar-refractivity contribution is 6.09. The van der Waals surface area contributed by atoms with Crippen LogP contribution in [-0.4, -0.2) is 57.5 Å². The predicted molar refractivity (Wildman–Crippen MR) is 98.4 cm³/mol. The van der Waals surface area contributed by atoms with Crippen molar-refractivity contribution in [2.75, 3.05) is 24.5 Å². The largest absolute Gasteiger partial charge is 0.465 e. The highest BCUT2D eigenvalue weighted by atomic mass is 16.4. The van der Waals surface area contributed by atoms with Crippen molar-refractivity contribution < 1.29 is 19.5 Å². The quantitative estimate of drug-likeness (QED) is 0.839. The van der Waals surface area contributed by atoms with Gasteiger partial charge in [0.1, 0.15) is 0 Å². The molecule has 1 aromatic carbocycles. The first kappa shape index (κ1) is 17.1. The first-order chi connectivity index (χ1) is 12.9. The number of nitrogens with one attached hydrogen (secondary N) is 1. The summed E-state index contributed by atoms with van der Waals surface area (Å²) in [7, 11) is 1.81. The molecule has 140 valence electrons. The molecular formula is C18H19N5O4. The molecule has 0 radical (unpaired) electrons. The molecule has 0 unspecified atom stereocenters. The van der Waals surface area contributed by atoms with Gasteiger partial charge in [-0.15, -0.1) is 0 Å². The second-order valence-electron chi connectivity index (χ2n) is 6.64. The van der Waals surface area contributed by atoms with Gasteiger partial charge in [0.25, 0.3) is 0 Å². The summed E-state index contributed by atoms with van der Waals surface area (Å²) in [5, 5.41) is 16.7. The first-order valence-corrected chi connectivity index (χ1v) is 8.69. The standard InChI is InChI=1S/C18H19N5O4/c1-21-14-10-12(11-4-7-22(8-5-11)18(26)27)2-3-13(14)16(20-21)23-9-6-15(24)19-17(23)25/h2-4,10H,5-9H2,1H3,(H,26,27)(H,19,24,25). The molecule has 0 spiro atoms. The summed E-state index contributed by atoms with van der Waals surface area (Å²) in [6, 6.07) is 5.42. The summed E-state index contributed by atoms with van der Waals surface area (Å²) in [5.74, 6) is 0.247. The van der Waals surface area contributed by atoms with Crippen LogP contribution < -0.4 is 10.2 Å². The number of aromatic nitrogens is 2. The van der Waals surface area contributed by atoms with Crippen molar-refractivity contribution in [3.05, 3.63) is 29.8 Å². The maximum Gasteiger partial charge on any atom is 0.407 e. The monoisotopic (exact) mass is 369 g/mol. The minimum Gasteiger partial charge on any atom is -0.465 e. The Kier molecular flexibility index (Phi) is 4.06. The highest BCUT2D eigenvalue weighted by Gasteiger charge is 2.28. The van der Waals surface area contributed by atoms with E-state index in [0.717, 1.165) is 22.0 Å². The Bertz CT molecular complexity index is 993. The molecule has 2 aliphatic rings. The van der Waals surface area contributed by atoms with Gasteiger partial charge in [0.05, 0.1) is 5.52 Å². The molecule has 1 aromatic heterocycles. The van der Waals surface area contributed by atoms with Crippen molar-refractivity contribution in [2.45, 2.75) is 12.8 Å². The normalized spacial score (nSPS) is 17.9. The smallest absolute Gasteiger partial charge is 0.407 e. The topological polar surface area (TPSA) is 108 Å². The molecule has 0 bridgehead atoms. The van der Waals surface area contributed by atoms with E-state index in [9.17, 15) is 14.4 Å². The van der Waals surface area contributed by atoms with E-state index in [-0.39, 0.29) is 12.3 Å². The van der Waals surface area contributed by atoms with E-state index in [1.807, 2.05) is 31.3 Å². The Hall–Kier alpha value is -3.36. The summed E-state index contributed by atoms with van der Waals surface area (Å²) in [6.07, 6.45) is 1.92. The van der Waals surface area contributed by atoms with Crippen LogP contribution in [0.15, 0.2) is 24.3 Å². The number of nitrogens with zero attached hydrogens (tertiary/aromatic N) is 4. The second kappa shape index (κ2) is 6.42. The number of benzene rings is 1. The lowest BCUT2D eigenvalue weighted by atomic mass is 9.98. The number of rotatable bonds is 2. The van der Waals surface area contributed by atoms with E-state index in [0.29, 0.717) is 31.9 Å². The van der Waals surface area contributed by atoms with Crippen LogP contribution in [-0.2, 0) is 11.8 Å². The molecule has 2 aromatic rings. The fraction of sp³-hybridized carbons (Fsp3) is 0.333. The third kappa shape index (κ3) is 3.01. The number of hydrogen-bond donors (Lipinski definition) is 2. The molecule has 0 atom stereocenters. The molecule has 0 saturated carbocycles. The number of imide groups is 1. The zero-order valence-corrected chi connectivity index (χ0v) is 14.8. The Labute approximate surface area is 154 Å². The summed E-state index contributed by atoms with van der Waals surface area (Å²) in [6.45, 7) is 1.15. The van der Waals surface area contributed by atoms with Crippen molar-refractivity contribution in [1.82, 2.24) is 20.0 Å². The molecule has 27 heavy (non-hydrogen) atoms. The van der Waals surface area contributed by atoms with E-state index >= 15 is 0 Å². The minimum absolute atomic E-state index is 0.245. The van der Waals surface area contributed by atoms with Crippen LogP contribution in [0.25, 0.3) is 16.5 Å². The van der Waals surface area contributed by atoms with E-state index in [1.165, 1.54) is 9.80 Å². The van der Waals surface area contributed by atoms with Gasteiger partial charge >= 0.3 is 12.1 Å². The summed E-state index contributed by atoms with van der Waals surface area (Å²) >= 11 is 0. The van der Waals surface area contributed by atoms with Gasteiger partial charge in [-0.2, -0.15) is 5.10 Å². The fourth-order valence-electron chi connectivity index (χ4n) is 3.51. The number of urea groups is 1. The number of carbonyl (C=O) groups is 3. The van der Waals surface area contributed by atoms with Gasteiger partial charge in [-0.1, -0.05) is 12.1 Å². The van der Waals surface area contributed by atoms with Gasteiger partial charge < -0.3 is 10.0 Å². The Morgan fingerprint density at radius 2 is 2.04 bits per heavy atom. The number of amides is 4. The van der Waals surface area contributed by atoms with Crippen LogP contribution in [0, 0.1) is 0 Å². The molecule has 1 saturated heterocycles. The van der Waals surface area contributed by atoms with Crippen molar-refractivity contribution >= 4 is 40.3 Å². The van der Waals surface area contributed by atoms with Gasteiger partial charge in [0, 0.05) is 38.5 Å². The lowest BCUT2D eigenvalue weighted by molar-refractivity contribution is -0.120. The number of aryl methyl sites for hydroxylation is 1. The maximum atomic E-state index is 12.1. The number of carboxylic acid groups (broad SMARTS) is 1. The van der Waals surface area contributed by atoms with E-state index in [4.69, 9.17) is 5.11 Å². The van der Waals surface area contributed by atoms with E-state index in [2.05, 4.69) is 10.4 Å². The molecule has 2 N–H and O–H groups in total. The summed E-state index contributed by atoms with van der Waals surface area (Å²) < 4.78 is 1.71. The lowest BCUT2D eigenvalue weighted by Crippen LogP contribution is -2.49. The van der Waals surface area contributed by atoms with E-state index in [1.54, 1.807) is 4.68 Å². The van der Waals surface area contributed by atoms with Crippen molar-refractivity contribution in [1.29, 1.82) is 0 Å². The molecule has 4 amide bonds. The first-order valence-electron chi connectivity index (χ1n) is 8.69. The fourth-order valence-corrected chi connectivity index (χ4v) is 3.51. The Morgan fingerprint density at radius 3 is 2.70 bits per heavy atom. The molecule has 4 rings (SSSR count). The van der Waals surface area contributed by atoms with E-state index < -0.39 is 12.1 Å². The number of fused-ring (bicyclic) bond motifs is 1. The van der Waals surface area contributed by atoms with Gasteiger partial charge in [-0.05, 0) is 29.7 Å². The molecule has 1 fully saturated rings. The second-order valence-corrected chi connectivity index (χ2v) is 6.64. The molecule has 3 heterocycles. The zero-order chi connectivity index (χ0) is 19.1. The van der Waals surface area contributed by atoms with Crippen molar-refractivity contribution in [2.24, 2.45) is 7.05 Å². The zero-order valence-electron chi connectivity index (χ0n) is 14.8. The lowest BCUT2D eigenvalue weighted by Gasteiger charge is -2.25. The number of anilines is 1. The van der Waals surface area contributed by atoms with Crippen LogP contribution >= 0.6 is 0 Å². The average Bonchev–Trinajstić information content (AvgIpc) is 2.98.